The number of nitrogens with one attached hydrogen (secondary N) is 1. The summed E-state index contributed by atoms with van der Waals surface area (Å²) >= 11 is 3.40. The van der Waals surface area contributed by atoms with Gasteiger partial charge in [0, 0.05) is 7.05 Å². The van der Waals surface area contributed by atoms with Crippen LogP contribution in [0.4, 0.5) is 4.39 Å². The molecule has 1 N–H and O–H groups in total. The van der Waals surface area contributed by atoms with Crippen LogP contribution in [0.5, 0.6) is 0 Å². The first-order valence-electron chi connectivity index (χ1n) is 6.51. The van der Waals surface area contributed by atoms with E-state index < -0.39 is 5.95 Å². The number of aromatic nitrogens is 4. The van der Waals surface area contributed by atoms with Gasteiger partial charge in [-0.2, -0.15) is 19.7 Å². The first-order chi connectivity index (χ1) is 10.3. The van der Waals surface area contributed by atoms with Crippen LogP contribution < -0.4 is 5.43 Å². The fraction of sp³-hybridized carbons (Fsp3) is 0.385. The standard InChI is InChI=1S/C13H16BrFN6O/c1-7-10(13(15)20(4)18-7)5-16-17-11(22)6-21-9(3)12(14)8(2)19-21/h5H,6H2,1-4H3,(H,17,22)/b16-5+. The van der Waals surface area contributed by atoms with Crippen LogP contribution in [0.15, 0.2) is 9.57 Å². The summed E-state index contributed by atoms with van der Waals surface area (Å²) in [6, 6.07) is 0. The average Bonchev–Trinajstić information content (AvgIpc) is 2.83. The van der Waals surface area contributed by atoms with E-state index in [0.717, 1.165) is 20.5 Å². The molecule has 9 heteroatoms. The molecular weight excluding hydrogens is 355 g/mol. The van der Waals surface area contributed by atoms with Crippen LogP contribution in [-0.2, 0) is 18.4 Å². The van der Waals surface area contributed by atoms with Crippen LogP contribution in [0.25, 0.3) is 0 Å². The molecule has 0 saturated carbocycles. The van der Waals surface area contributed by atoms with Gasteiger partial charge in [-0.05, 0) is 36.7 Å². The monoisotopic (exact) mass is 370 g/mol. The lowest BCUT2D eigenvalue weighted by Gasteiger charge is -2.02. The third-order valence-corrected chi connectivity index (χ3v) is 4.31. The van der Waals surface area contributed by atoms with Crippen molar-refractivity contribution in [2.75, 3.05) is 0 Å². The number of hydrogen-bond acceptors (Lipinski definition) is 4. The van der Waals surface area contributed by atoms with Gasteiger partial charge in [-0.3, -0.25) is 9.48 Å². The van der Waals surface area contributed by atoms with Gasteiger partial charge < -0.3 is 0 Å². The van der Waals surface area contributed by atoms with E-state index in [0.29, 0.717) is 5.69 Å². The highest BCUT2D eigenvalue weighted by molar-refractivity contribution is 9.10. The molecule has 0 fully saturated rings. The van der Waals surface area contributed by atoms with Crippen molar-refractivity contribution < 1.29 is 9.18 Å². The summed E-state index contributed by atoms with van der Waals surface area (Å²) < 4.78 is 17.2. The average molecular weight is 371 g/mol. The number of carbonyl (C=O) groups is 1. The molecule has 0 unspecified atom stereocenters. The molecule has 0 aromatic carbocycles. The van der Waals surface area contributed by atoms with Crippen LogP contribution in [-0.4, -0.2) is 31.7 Å². The summed E-state index contributed by atoms with van der Waals surface area (Å²) in [5, 5.41) is 11.9. The van der Waals surface area contributed by atoms with Crippen molar-refractivity contribution in [3.05, 3.63) is 33.1 Å². The maximum atomic E-state index is 13.7. The van der Waals surface area contributed by atoms with Gasteiger partial charge in [0.1, 0.15) is 6.54 Å². The van der Waals surface area contributed by atoms with E-state index in [-0.39, 0.29) is 18.0 Å². The van der Waals surface area contributed by atoms with Crippen molar-refractivity contribution in [1.82, 2.24) is 25.0 Å². The van der Waals surface area contributed by atoms with E-state index in [1.807, 2.05) is 13.8 Å². The lowest BCUT2D eigenvalue weighted by molar-refractivity contribution is -0.121. The Morgan fingerprint density at radius 1 is 1.36 bits per heavy atom. The molecule has 0 saturated heterocycles. The minimum atomic E-state index is -0.502. The lowest BCUT2D eigenvalue weighted by Crippen LogP contribution is -2.24. The molecule has 0 aliphatic heterocycles. The molecule has 0 spiro atoms. The van der Waals surface area contributed by atoms with Crippen molar-refractivity contribution in [3.8, 4) is 0 Å². The van der Waals surface area contributed by atoms with Crippen LogP contribution in [0, 0.1) is 26.7 Å². The van der Waals surface area contributed by atoms with Crippen LogP contribution in [0.2, 0.25) is 0 Å². The molecule has 7 nitrogen and oxygen atoms in total. The summed E-state index contributed by atoms with van der Waals surface area (Å²) in [5.41, 5.74) is 4.76. The van der Waals surface area contributed by atoms with E-state index in [4.69, 9.17) is 0 Å². The van der Waals surface area contributed by atoms with Crippen LogP contribution in [0.1, 0.15) is 22.6 Å². The summed E-state index contributed by atoms with van der Waals surface area (Å²) in [6.45, 7) is 5.40. The van der Waals surface area contributed by atoms with E-state index in [1.54, 1.807) is 11.6 Å². The maximum Gasteiger partial charge on any atom is 0.261 e. The van der Waals surface area contributed by atoms with Gasteiger partial charge in [0.2, 0.25) is 5.95 Å². The molecule has 0 bridgehead atoms. The molecule has 2 rings (SSSR count). The predicted molar refractivity (Wildman–Crippen MR) is 83.0 cm³/mol. The fourth-order valence-electron chi connectivity index (χ4n) is 1.96. The van der Waals surface area contributed by atoms with E-state index in [2.05, 4.69) is 36.7 Å². The Labute approximate surface area is 135 Å². The normalized spacial score (nSPS) is 11.4. The zero-order chi connectivity index (χ0) is 16.4. The van der Waals surface area contributed by atoms with Crippen molar-refractivity contribution in [1.29, 1.82) is 0 Å². The minimum absolute atomic E-state index is 0.0319. The highest BCUT2D eigenvalue weighted by atomic mass is 79.9. The number of hydrazone groups is 1. The summed E-state index contributed by atoms with van der Waals surface area (Å²) in [4.78, 5) is 11.8. The Morgan fingerprint density at radius 2 is 2.05 bits per heavy atom. The number of hydrogen-bond donors (Lipinski definition) is 1. The van der Waals surface area contributed by atoms with Crippen molar-refractivity contribution in [3.63, 3.8) is 0 Å². The number of nitrogens with zero attached hydrogens (tertiary/aromatic N) is 5. The molecule has 0 radical (unpaired) electrons. The van der Waals surface area contributed by atoms with Crippen molar-refractivity contribution >= 4 is 28.1 Å². The second-order valence-electron chi connectivity index (χ2n) is 4.85. The molecule has 118 valence electrons. The number of halogens is 2. The van der Waals surface area contributed by atoms with E-state index >= 15 is 0 Å². The molecular formula is C13H16BrFN6O. The van der Waals surface area contributed by atoms with Gasteiger partial charge in [-0.25, -0.2) is 10.1 Å². The Balaban J connectivity index is 2.01. The Morgan fingerprint density at radius 3 is 2.55 bits per heavy atom. The summed E-state index contributed by atoms with van der Waals surface area (Å²) in [7, 11) is 1.50. The third-order valence-electron chi connectivity index (χ3n) is 3.17. The largest absolute Gasteiger partial charge is 0.271 e. The van der Waals surface area contributed by atoms with E-state index in [1.165, 1.54) is 13.3 Å². The van der Waals surface area contributed by atoms with Crippen LogP contribution >= 0.6 is 15.9 Å². The molecule has 0 aliphatic rings. The lowest BCUT2D eigenvalue weighted by atomic mass is 10.3. The first-order valence-corrected chi connectivity index (χ1v) is 7.31. The van der Waals surface area contributed by atoms with Gasteiger partial charge in [0.05, 0.1) is 33.3 Å². The van der Waals surface area contributed by atoms with Gasteiger partial charge >= 0.3 is 0 Å². The maximum absolute atomic E-state index is 13.7. The molecule has 2 aromatic heterocycles. The van der Waals surface area contributed by atoms with Gasteiger partial charge in [-0.1, -0.05) is 0 Å². The van der Waals surface area contributed by atoms with Crippen molar-refractivity contribution in [2.24, 2.45) is 12.1 Å². The van der Waals surface area contributed by atoms with E-state index in [9.17, 15) is 9.18 Å². The zero-order valence-corrected chi connectivity index (χ0v) is 14.3. The highest BCUT2D eigenvalue weighted by Crippen LogP contribution is 2.19. The quantitative estimate of drug-likeness (QED) is 0.655. The number of amides is 1. The fourth-order valence-corrected chi connectivity index (χ4v) is 2.25. The summed E-state index contributed by atoms with van der Waals surface area (Å²) in [6.07, 6.45) is 1.24. The van der Waals surface area contributed by atoms with Gasteiger partial charge in [0.25, 0.3) is 5.91 Å². The molecule has 22 heavy (non-hydrogen) atoms. The molecule has 1 amide bonds. The number of rotatable bonds is 4. The van der Waals surface area contributed by atoms with Gasteiger partial charge in [-0.15, -0.1) is 0 Å². The first kappa shape index (κ1) is 16.3. The smallest absolute Gasteiger partial charge is 0.261 e. The zero-order valence-electron chi connectivity index (χ0n) is 12.7. The Hall–Kier alpha value is -2.03. The van der Waals surface area contributed by atoms with Crippen molar-refractivity contribution in [2.45, 2.75) is 27.3 Å². The Bertz CT molecular complexity index is 748. The Kier molecular flexibility index (Phi) is 4.74. The number of carbonyl (C=O) groups excluding carboxylic acids is 1. The molecule has 0 atom stereocenters. The third kappa shape index (κ3) is 3.24. The van der Waals surface area contributed by atoms with Gasteiger partial charge in [0.15, 0.2) is 0 Å². The second-order valence-corrected chi connectivity index (χ2v) is 5.64. The molecule has 2 heterocycles. The SMILES string of the molecule is Cc1nn(CC(=O)N/N=C/c2c(C)nn(C)c2F)c(C)c1Br. The van der Waals surface area contributed by atoms with Crippen LogP contribution in [0.3, 0.4) is 0 Å². The number of aryl methyl sites for hydroxylation is 3. The molecule has 0 aliphatic carbocycles. The minimum Gasteiger partial charge on any atom is -0.271 e. The highest BCUT2D eigenvalue weighted by Gasteiger charge is 2.12. The topological polar surface area (TPSA) is 77.1 Å². The molecule has 2 aromatic rings. The summed E-state index contributed by atoms with van der Waals surface area (Å²) in [5.74, 6) is -0.853. The second kappa shape index (κ2) is 6.39. The predicted octanol–water partition coefficient (Wildman–Crippen LogP) is 1.59.